The van der Waals surface area contributed by atoms with E-state index in [1.165, 1.54) is 18.2 Å². The molecule has 0 saturated carbocycles. The molecule has 0 bridgehead atoms. The highest BCUT2D eigenvalue weighted by Gasteiger charge is 2.30. The van der Waals surface area contributed by atoms with Crippen LogP contribution in [0.15, 0.2) is 18.2 Å². The number of carbonyl (C=O) groups excluding carboxylic acids is 1. The summed E-state index contributed by atoms with van der Waals surface area (Å²) in [7, 11) is 0.825. The van der Waals surface area contributed by atoms with Crippen molar-refractivity contribution in [3.63, 3.8) is 0 Å². The van der Waals surface area contributed by atoms with E-state index in [2.05, 4.69) is 4.74 Å². The first-order valence-electron chi connectivity index (χ1n) is 5.94. The molecule has 0 aliphatic rings. The second-order valence-corrected chi connectivity index (χ2v) is 5.09. The molecule has 2 rings (SSSR count). The Labute approximate surface area is 137 Å². The molecule has 122 valence electrons. The topological polar surface area (TPSA) is 38.3 Å². The van der Waals surface area contributed by atoms with Gasteiger partial charge in [-0.1, -0.05) is 23.2 Å². The van der Waals surface area contributed by atoms with E-state index in [-0.39, 0.29) is 15.7 Å². The molecule has 2 aromatic carbocycles. The Morgan fingerprint density at radius 3 is 2.13 bits per heavy atom. The fraction of sp³-hybridized carbons (Fsp3) is 0.0714. The maximum atomic E-state index is 13.8. The highest BCUT2D eigenvalue weighted by Crippen LogP contribution is 2.31. The Morgan fingerprint density at radius 1 is 1.04 bits per heavy atom. The van der Waals surface area contributed by atoms with Crippen molar-refractivity contribution in [3.8, 4) is 5.75 Å². The van der Waals surface area contributed by atoms with Crippen LogP contribution in [0.2, 0.25) is 10.0 Å². The molecule has 9 heteroatoms. The fourth-order valence-electron chi connectivity index (χ4n) is 1.77. The minimum Gasteiger partial charge on any atom is -0.491 e. The third kappa shape index (κ3) is 3.20. The van der Waals surface area contributed by atoms with Crippen LogP contribution in [0.5, 0.6) is 5.75 Å². The molecule has 0 saturated heterocycles. The van der Waals surface area contributed by atoms with Gasteiger partial charge in [-0.2, -0.15) is 8.78 Å². The zero-order chi connectivity index (χ0) is 17.3. The average molecular weight is 368 g/mol. The molecule has 0 spiro atoms. The molecular weight excluding hydrogens is 361 g/mol. The molecule has 0 unspecified atom stereocenters. The predicted octanol–water partition coefficient (Wildman–Crippen LogP) is 4.81. The quantitative estimate of drug-likeness (QED) is 0.624. The Bertz CT molecular complexity index is 770. The van der Waals surface area contributed by atoms with Gasteiger partial charge in [0.2, 0.25) is 11.6 Å². The second kappa shape index (κ2) is 6.64. The molecule has 0 atom stereocenters. The zero-order valence-electron chi connectivity index (χ0n) is 11.3. The van der Waals surface area contributed by atoms with E-state index in [9.17, 15) is 22.4 Å². The van der Waals surface area contributed by atoms with Crippen molar-refractivity contribution >= 4 is 34.8 Å². The molecule has 0 fully saturated rings. The summed E-state index contributed by atoms with van der Waals surface area (Å²) in [5.41, 5.74) is -1.53. The van der Waals surface area contributed by atoms with Crippen LogP contribution in [0.1, 0.15) is 10.4 Å². The SMILES string of the molecule is COc1c(F)c(F)c(C(=O)Nc2cc(Cl)ccc2Cl)c(F)c1F. The summed E-state index contributed by atoms with van der Waals surface area (Å²) >= 11 is 11.5. The molecule has 0 radical (unpaired) electrons. The minimum absolute atomic E-state index is 0.0121. The van der Waals surface area contributed by atoms with Gasteiger partial charge in [0.15, 0.2) is 17.4 Å². The van der Waals surface area contributed by atoms with Gasteiger partial charge in [-0.05, 0) is 18.2 Å². The number of methoxy groups -OCH3 is 1. The van der Waals surface area contributed by atoms with Crippen LogP contribution in [0.25, 0.3) is 0 Å². The van der Waals surface area contributed by atoms with Crippen LogP contribution < -0.4 is 10.1 Å². The maximum Gasteiger partial charge on any atom is 0.261 e. The van der Waals surface area contributed by atoms with Gasteiger partial charge in [0.25, 0.3) is 5.91 Å². The van der Waals surface area contributed by atoms with Gasteiger partial charge in [0, 0.05) is 5.02 Å². The normalized spacial score (nSPS) is 10.6. The fourth-order valence-corrected chi connectivity index (χ4v) is 2.11. The molecule has 23 heavy (non-hydrogen) atoms. The van der Waals surface area contributed by atoms with Crippen LogP contribution >= 0.6 is 23.2 Å². The molecule has 1 N–H and O–H groups in total. The van der Waals surface area contributed by atoms with E-state index < -0.39 is 40.5 Å². The van der Waals surface area contributed by atoms with E-state index in [1.54, 1.807) is 0 Å². The Morgan fingerprint density at radius 2 is 1.61 bits per heavy atom. The molecule has 0 aliphatic carbocycles. The van der Waals surface area contributed by atoms with Crippen molar-refractivity contribution < 1.29 is 27.1 Å². The summed E-state index contributed by atoms with van der Waals surface area (Å²) in [4.78, 5) is 12.0. The van der Waals surface area contributed by atoms with Crippen LogP contribution in [0, 0.1) is 23.3 Å². The molecule has 1 amide bonds. The highest BCUT2D eigenvalue weighted by atomic mass is 35.5. The lowest BCUT2D eigenvalue weighted by molar-refractivity contribution is 0.101. The molecule has 0 heterocycles. The van der Waals surface area contributed by atoms with Gasteiger partial charge in [-0.3, -0.25) is 4.79 Å². The largest absolute Gasteiger partial charge is 0.491 e. The Balaban J connectivity index is 2.50. The van der Waals surface area contributed by atoms with E-state index >= 15 is 0 Å². The lowest BCUT2D eigenvalue weighted by atomic mass is 10.1. The number of ether oxygens (including phenoxy) is 1. The lowest BCUT2D eigenvalue weighted by Gasteiger charge is -2.12. The Kier molecular flexibility index (Phi) is 5.01. The summed E-state index contributed by atoms with van der Waals surface area (Å²) < 4.78 is 59.1. The van der Waals surface area contributed by atoms with Crippen molar-refractivity contribution in [1.82, 2.24) is 0 Å². The number of hydrogen-bond donors (Lipinski definition) is 1. The minimum atomic E-state index is -1.89. The van der Waals surface area contributed by atoms with Gasteiger partial charge in [-0.15, -0.1) is 0 Å². The van der Waals surface area contributed by atoms with Crippen LogP contribution in [-0.4, -0.2) is 13.0 Å². The molecular formula is C14H7Cl2F4NO2. The van der Waals surface area contributed by atoms with Gasteiger partial charge < -0.3 is 10.1 Å². The van der Waals surface area contributed by atoms with Gasteiger partial charge in [0.1, 0.15) is 5.56 Å². The third-order valence-electron chi connectivity index (χ3n) is 2.83. The zero-order valence-corrected chi connectivity index (χ0v) is 12.8. The second-order valence-electron chi connectivity index (χ2n) is 4.24. The molecule has 0 aromatic heterocycles. The molecule has 2 aromatic rings. The summed E-state index contributed by atoms with van der Waals surface area (Å²) in [5, 5.41) is 2.22. The average Bonchev–Trinajstić information content (AvgIpc) is 2.50. The smallest absolute Gasteiger partial charge is 0.261 e. The van der Waals surface area contributed by atoms with Crippen molar-refractivity contribution in [2.24, 2.45) is 0 Å². The number of rotatable bonds is 3. The van der Waals surface area contributed by atoms with Crippen molar-refractivity contribution in [2.45, 2.75) is 0 Å². The summed E-state index contributed by atoms with van der Waals surface area (Å²) in [6.45, 7) is 0. The first-order chi connectivity index (χ1) is 10.8. The standard InChI is InChI=1S/C14H7Cl2F4NO2/c1-23-13-11(19)9(17)8(10(18)12(13)20)14(22)21-7-4-5(15)2-3-6(7)16/h2-4H,1H3,(H,21,22). The molecule has 0 aliphatic heterocycles. The maximum absolute atomic E-state index is 13.8. The van der Waals surface area contributed by atoms with Gasteiger partial charge in [0.05, 0.1) is 17.8 Å². The van der Waals surface area contributed by atoms with Gasteiger partial charge >= 0.3 is 0 Å². The van der Waals surface area contributed by atoms with Crippen LogP contribution in [0.4, 0.5) is 23.2 Å². The third-order valence-corrected chi connectivity index (χ3v) is 3.40. The number of carbonyl (C=O) groups is 1. The summed E-state index contributed by atoms with van der Waals surface area (Å²) in [6.07, 6.45) is 0. The van der Waals surface area contributed by atoms with Crippen molar-refractivity contribution in [2.75, 3.05) is 12.4 Å². The highest BCUT2D eigenvalue weighted by molar-refractivity contribution is 6.35. The lowest BCUT2D eigenvalue weighted by Crippen LogP contribution is -2.19. The first kappa shape index (κ1) is 17.4. The monoisotopic (exact) mass is 367 g/mol. The number of halogens is 6. The number of nitrogens with one attached hydrogen (secondary N) is 1. The van der Waals surface area contributed by atoms with Crippen LogP contribution in [0.3, 0.4) is 0 Å². The van der Waals surface area contributed by atoms with Gasteiger partial charge in [-0.25, -0.2) is 8.78 Å². The predicted molar refractivity (Wildman–Crippen MR) is 77.2 cm³/mol. The first-order valence-corrected chi connectivity index (χ1v) is 6.69. The summed E-state index contributed by atoms with van der Waals surface area (Å²) in [5.74, 6) is -10.1. The summed E-state index contributed by atoms with van der Waals surface area (Å²) in [6, 6.07) is 3.93. The number of anilines is 1. The van der Waals surface area contributed by atoms with E-state index in [4.69, 9.17) is 23.2 Å². The van der Waals surface area contributed by atoms with Crippen LogP contribution in [-0.2, 0) is 0 Å². The van der Waals surface area contributed by atoms with Crippen molar-refractivity contribution in [1.29, 1.82) is 0 Å². The number of benzene rings is 2. The van der Waals surface area contributed by atoms with E-state index in [1.807, 2.05) is 5.32 Å². The Hall–Kier alpha value is -1.99. The van der Waals surface area contributed by atoms with E-state index in [0.29, 0.717) is 0 Å². The molecule has 3 nitrogen and oxygen atoms in total. The number of amides is 1. The van der Waals surface area contributed by atoms with E-state index in [0.717, 1.165) is 7.11 Å². The van der Waals surface area contributed by atoms with Crippen molar-refractivity contribution in [3.05, 3.63) is 57.1 Å². The number of hydrogen-bond acceptors (Lipinski definition) is 2.